The zero-order valence-corrected chi connectivity index (χ0v) is 15.3. The number of aromatic amines is 1. The van der Waals surface area contributed by atoms with Gasteiger partial charge in [-0.2, -0.15) is 0 Å². The summed E-state index contributed by atoms with van der Waals surface area (Å²) in [6.45, 7) is 3.66. The first-order chi connectivity index (χ1) is 12.9. The van der Waals surface area contributed by atoms with Gasteiger partial charge in [0.1, 0.15) is 11.8 Å². The fourth-order valence-corrected chi connectivity index (χ4v) is 3.12. The molecular formula is C21H22N2O4. The first kappa shape index (κ1) is 18.5. The van der Waals surface area contributed by atoms with E-state index in [1.807, 2.05) is 56.3 Å². The average molecular weight is 366 g/mol. The summed E-state index contributed by atoms with van der Waals surface area (Å²) in [5.41, 5.74) is 3.84. The molecule has 27 heavy (non-hydrogen) atoms. The van der Waals surface area contributed by atoms with Gasteiger partial charge in [0.25, 0.3) is 5.91 Å². The molecule has 140 valence electrons. The molecule has 2 aromatic carbocycles. The van der Waals surface area contributed by atoms with E-state index in [4.69, 9.17) is 4.74 Å². The van der Waals surface area contributed by atoms with Crippen LogP contribution >= 0.6 is 0 Å². The number of carbonyl (C=O) groups excluding carboxylic acids is 1. The molecule has 0 bridgehead atoms. The molecule has 0 aliphatic carbocycles. The smallest absolute Gasteiger partial charge is 0.326 e. The Morgan fingerprint density at radius 2 is 1.85 bits per heavy atom. The number of carbonyl (C=O) groups is 2. The number of amides is 1. The van der Waals surface area contributed by atoms with Crippen LogP contribution in [-0.4, -0.2) is 34.6 Å². The van der Waals surface area contributed by atoms with Gasteiger partial charge in [-0.1, -0.05) is 24.3 Å². The minimum atomic E-state index is -1.08. The van der Waals surface area contributed by atoms with E-state index in [0.717, 1.165) is 27.6 Å². The van der Waals surface area contributed by atoms with Gasteiger partial charge in [0.2, 0.25) is 0 Å². The molecule has 6 heteroatoms. The molecule has 0 radical (unpaired) electrons. The van der Waals surface area contributed by atoms with Crippen molar-refractivity contribution < 1.29 is 19.4 Å². The van der Waals surface area contributed by atoms with Crippen molar-refractivity contribution in [3.05, 3.63) is 65.4 Å². The number of nitrogens with one attached hydrogen (secondary N) is 2. The zero-order valence-electron chi connectivity index (χ0n) is 15.3. The zero-order chi connectivity index (χ0) is 19.4. The maximum Gasteiger partial charge on any atom is 0.326 e. The Labute approximate surface area is 157 Å². The molecule has 1 atom stereocenters. The van der Waals surface area contributed by atoms with Gasteiger partial charge in [-0.25, -0.2) is 4.79 Å². The van der Waals surface area contributed by atoms with Gasteiger partial charge in [0.15, 0.2) is 6.61 Å². The van der Waals surface area contributed by atoms with Crippen LogP contribution in [0.5, 0.6) is 5.75 Å². The number of aliphatic carboxylic acids is 1. The lowest BCUT2D eigenvalue weighted by molar-refractivity contribution is -0.142. The number of rotatable bonds is 7. The van der Waals surface area contributed by atoms with E-state index in [9.17, 15) is 14.7 Å². The van der Waals surface area contributed by atoms with Gasteiger partial charge >= 0.3 is 5.97 Å². The summed E-state index contributed by atoms with van der Waals surface area (Å²) in [7, 11) is 0. The van der Waals surface area contributed by atoms with Gasteiger partial charge in [-0.3, -0.25) is 4.79 Å². The van der Waals surface area contributed by atoms with E-state index in [1.165, 1.54) is 0 Å². The van der Waals surface area contributed by atoms with E-state index in [-0.39, 0.29) is 13.0 Å². The van der Waals surface area contributed by atoms with Crippen LogP contribution in [0, 0.1) is 13.8 Å². The summed E-state index contributed by atoms with van der Waals surface area (Å²) in [5, 5.41) is 13.0. The van der Waals surface area contributed by atoms with Crippen molar-refractivity contribution in [1.29, 1.82) is 0 Å². The monoisotopic (exact) mass is 366 g/mol. The molecule has 0 aliphatic rings. The highest BCUT2D eigenvalue weighted by Gasteiger charge is 2.22. The molecular weight excluding hydrogens is 344 g/mol. The molecule has 1 amide bonds. The number of H-pyrrole nitrogens is 1. The van der Waals surface area contributed by atoms with E-state index in [2.05, 4.69) is 10.3 Å². The molecule has 3 N–H and O–H groups in total. The third-order valence-corrected chi connectivity index (χ3v) is 4.30. The molecule has 0 saturated heterocycles. The summed E-state index contributed by atoms with van der Waals surface area (Å²) >= 11 is 0. The predicted molar refractivity (Wildman–Crippen MR) is 103 cm³/mol. The van der Waals surface area contributed by atoms with Crippen molar-refractivity contribution in [2.45, 2.75) is 26.3 Å². The predicted octanol–water partition coefficient (Wildman–Crippen LogP) is 2.98. The number of aromatic nitrogens is 1. The molecule has 0 saturated carbocycles. The van der Waals surface area contributed by atoms with Crippen molar-refractivity contribution in [3.63, 3.8) is 0 Å². The molecule has 3 rings (SSSR count). The molecule has 1 heterocycles. The van der Waals surface area contributed by atoms with Crippen LogP contribution in [0.25, 0.3) is 10.9 Å². The van der Waals surface area contributed by atoms with Crippen molar-refractivity contribution in [2.24, 2.45) is 0 Å². The van der Waals surface area contributed by atoms with Crippen molar-refractivity contribution in [3.8, 4) is 5.75 Å². The Hall–Kier alpha value is -3.28. The summed E-state index contributed by atoms with van der Waals surface area (Å²) in [4.78, 5) is 26.9. The molecule has 6 nitrogen and oxygen atoms in total. The number of carboxylic acids is 1. The number of ether oxygens (including phenoxy) is 1. The van der Waals surface area contributed by atoms with Gasteiger partial charge in [-0.15, -0.1) is 0 Å². The normalized spacial score (nSPS) is 11.9. The number of hydrogen-bond donors (Lipinski definition) is 3. The van der Waals surface area contributed by atoms with Gasteiger partial charge < -0.3 is 20.1 Å². The second-order valence-corrected chi connectivity index (χ2v) is 6.63. The quantitative estimate of drug-likeness (QED) is 0.599. The highest BCUT2D eigenvalue weighted by Crippen LogP contribution is 2.19. The number of benzene rings is 2. The van der Waals surface area contributed by atoms with Crippen molar-refractivity contribution >= 4 is 22.8 Å². The lowest BCUT2D eigenvalue weighted by atomic mass is 10.1. The average Bonchev–Trinajstić information content (AvgIpc) is 3.02. The SMILES string of the molecule is Cc1cc(C)cc(OCC(=O)NC(Cc2c[nH]c3ccccc23)C(=O)O)c1. The maximum absolute atomic E-state index is 12.2. The summed E-state index contributed by atoms with van der Waals surface area (Å²) in [5.74, 6) is -0.965. The highest BCUT2D eigenvalue weighted by atomic mass is 16.5. The largest absolute Gasteiger partial charge is 0.484 e. The number of carboxylic acid groups (broad SMARTS) is 1. The molecule has 0 fully saturated rings. The van der Waals surface area contributed by atoms with Crippen LogP contribution < -0.4 is 10.1 Å². The summed E-state index contributed by atoms with van der Waals surface area (Å²) < 4.78 is 5.50. The third-order valence-electron chi connectivity index (χ3n) is 4.30. The van der Waals surface area contributed by atoms with Crippen LogP contribution in [0.4, 0.5) is 0 Å². The van der Waals surface area contributed by atoms with Crippen LogP contribution in [0.15, 0.2) is 48.7 Å². The fraction of sp³-hybridized carbons (Fsp3) is 0.238. The Balaban J connectivity index is 1.63. The van der Waals surface area contributed by atoms with E-state index >= 15 is 0 Å². The molecule has 3 aromatic rings. The Kier molecular flexibility index (Phi) is 5.45. The minimum Gasteiger partial charge on any atom is -0.484 e. The van der Waals surface area contributed by atoms with Crippen LogP contribution in [0.1, 0.15) is 16.7 Å². The maximum atomic E-state index is 12.2. The second-order valence-electron chi connectivity index (χ2n) is 6.63. The van der Waals surface area contributed by atoms with E-state index in [1.54, 1.807) is 6.20 Å². The summed E-state index contributed by atoms with van der Waals surface area (Å²) in [6, 6.07) is 12.3. The van der Waals surface area contributed by atoms with Crippen LogP contribution in [-0.2, 0) is 16.0 Å². The van der Waals surface area contributed by atoms with Gasteiger partial charge in [0.05, 0.1) is 0 Å². The highest BCUT2D eigenvalue weighted by molar-refractivity contribution is 5.87. The molecule has 1 aromatic heterocycles. The third kappa shape index (κ3) is 4.67. The van der Waals surface area contributed by atoms with Crippen LogP contribution in [0.3, 0.4) is 0 Å². The Morgan fingerprint density at radius 1 is 1.15 bits per heavy atom. The molecule has 0 spiro atoms. The summed E-state index contributed by atoms with van der Waals surface area (Å²) in [6.07, 6.45) is 1.97. The van der Waals surface area contributed by atoms with Crippen molar-refractivity contribution in [1.82, 2.24) is 10.3 Å². The first-order valence-corrected chi connectivity index (χ1v) is 8.70. The molecule has 1 unspecified atom stereocenters. The standard InChI is InChI=1S/C21H22N2O4/c1-13-7-14(2)9-16(8-13)27-12-20(24)23-19(21(25)26)10-15-11-22-18-6-4-3-5-17(15)18/h3-9,11,19,22H,10,12H2,1-2H3,(H,23,24)(H,25,26). The van der Waals surface area contributed by atoms with E-state index < -0.39 is 17.9 Å². The first-order valence-electron chi connectivity index (χ1n) is 8.70. The number of fused-ring (bicyclic) bond motifs is 1. The van der Waals surface area contributed by atoms with E-state index in [0.29, 0.717) is 5.75 Å². The van der Waals surface area contributed by atoms with Gasteiger partial charge in [0, 0.05) is 23.5 Å². The topological polar surface area (TPSA) is 91.4 Å². The number of para-hydroxylation sites is 1. The van der Waals surface area contributed by atoms with Crippen molar-refractivity contribution in [2.75, 3.05) is 6.61 Å². The van der Waals surface area contributed by atoms with Crippen LogP contribution in [0.2, 0.25) is 0 Å². The number of hydrogen-bond acceptors (Lipinski definition) is 3. The minimum absolute atomic E-state index is 0.189. The molecule has 0 aliphatic heterocycles. The van der Waals surface area contributed by atoms with Gasteiger partial charge in [-0.05, 0) is 48.7 Å². The lowest BCUT2D eigenvalue weighted by Crippen LogP contribution is -2.44. The fourth-order valence-electron chi connectivity index (χ4n) is 3.12. The second kappa shape index (κ2) is 7.95. The Morgan fingerprint density at radius 3 is 2.56 bits per heavy atom. The number of aryl methyl sites for hydroxylation is 2. The lowest BCUT2D eigenvalue weighted by Gasteiger charge is -2.15. The Bertz CT molecular complexity index is 957.